The molecule has 102 valence electrons. The molecule has 1 saturated carbocycles. The molecule has 19 heavy (non-hydrogen) atoms. The second-order valence-corrected chi connectivity index (χ2v) is 5.20. The number of carbonyl (C=O) groups excluding carboxylic acids is 2. The Labute approximate surface area is 112 Å². The molecule has 0 atom stereocenters. The van der Waals surface area contributed by atoms with Gasteiger partial charge in [0.25, 0.3) is 0 Å². The molecule has 5 nitrogen and oxygen atoms in total. The molecule has 0 unspecified atom stereocenters. The summed E-state index contributed by atoms with van der Waals surface area (Å²) in [6.07, 6.45) is 1.85. The van der Waals surface area contributed by atoms with Crippen LogP contribution < -0.4 is 11.1 Å². The van der Waals surface area contributed by atoms with Crippen LogP contribution in [-0.2, 0) is 10.3 Å². The van der Waals surface area contributed by atoms with Crippen molar-refractivity contribution in [1.29, 1.82) is 0 Å². The molecule has 1 aromatic rings. The van der Waals surface area contributed by atoms with Crippen LogP contribution >= 0.6 is 0 Å². The zero-order chi connectivity index (χ0) is 14.0. The van der Waals surface area contributed by atoms with Gasteiger partial charge in [0, 0.05) is 7.05 Å². The molecule has 5 heteroatoms. The summed E-state index contributed by atoms with van der Waals surface area (Å²) in [4.78, 5) is 24.1. The Morgan fingerprint density at radius 1 is 1.42 bits per heavy atom. The second kappa shape index (κ2) is 4.91. The molecule has 0 aromatic heterocycles. The molecule has 2 rings (SSSR count). The monoisotopic (exact) mass is 261 g/mol. The van der Waals surface area contributed by atoms with Crippen LogP contribution in [0.25, 0.3) is 0 Å². The molecule has 0 radical (unpaired) electrons. The quantitative estimate of drug-likeness (QED) is 0.852. The van der Waals surface area contributed by atoms with E-state index in [1.54, 1.807) is 7.05 Å². The highest BCUT2D eigenvalue weighted by Gasteiger charge is 2.46. The largest absolute Gasteiger partial charge is 0.368 e. The number of amides is 3. The number of primary amides is 1. The molecule has 0 bridgehead atoms. The average molecular weight is 261 g/mol. The van der Waals surface area contributed by atoms with Crippen LogP contribution in [0.5, 0.6) is 0 Å². The van der Waals surface area contributed by atoms with Gasteiger partial charge < -0.3 is 16.0 Å². The molecule has 3 N–H and O–H groups in total. The van der Waals surface area contributed by atoms with Crippen molar-refractivity contribution in [2.24, 2.45) is 5.73 Å². The van der Waals surface area contributed by atoms with Crippen LogP contribution in [-0.4, -0.2) is 30.4 Å². The fraction of sp³-hybridized carbons (Fsp3) is 0.429. The lowest BCUT2D eigenvalue weighted by Gasteiger charge is -2.23. The summed E-state index contributed by atoms with van der Waals surface area (Å²) >= 11 is 0. The number of carbonyl (C=O) groups is 2. The molecular weight excluding hydrogens is 242 g/mol. The maximum atomic E-state index is 12.0. The highest BCUT2D eigenvalue weighted by atomic mass is 16.2. The molecular formula is C14H19N3O2. The van der Waals surface area contributed by atoms with Crippen LogP contribution in [0.15, 0.2) is 24.3 Å². The molecule has 1 aliphatic carbocycles. The van der Waals surface area contributed by atoms with Crippen molar-refractivity contribution < 1.29 is 9.59 Å². The highest BCUT2D eigenvalue weighted by Crippen LogP contribution is 2.45. The van der Waals surface area contributed by atoms with Crippen LogP contribution in [0.1, 0.15) is 24.0 Å². The van der Waals surface area contributed by atoms with Gasteiger partial charge in [-0.1, -0.05) is 29.8 Å². The summed E-state index contributed by atoms with van der Waals surface area (Å²) in [6, 6.07) is 7.86. The number of benzene rings is 1. The number of rotatable bonds is 4. The predicted molar refractivity (Wildman–Crippen MR) is 72.4 cm³/mol. The summed E-state index contributed by atoms with van der Waals surface area (Å²) in [7, 11) is 1.56. The van der Waals surface area contributed by atoms with Crippen LogP contribution in [0.2, 0.25) is 0 Å². The third kappa shape index (κ3) is 3.05. The fourth-order valence-corrected chi connectivity index (χ4v) is 2.16. The Kier molecular flexibility index (Phi) is 3.46. The van der Waals surface area contributed by atoms with Crippen LogP contribution in [0, 0.1) is 6.92 Å². The van der Waals surface area contributed by atoms with E-state index in [2.05, 4.69) is 11.4 Å². The van der Waals surface area contributed by atoms with Crippen molar-refractivity contribution in [2.75, 3.05) is 13.6 Å². The zero-order valence-corrected chi connectivity index (χ0v) is 11.3. The SMILES string of the molecule is Cc1cccc(C2(NC(=O)N(C)CC(N)=O)CC2)c1. The van der Waals surface area contributed by atoms with Gasteiger partial charge in [-0.05, 0) is 25.3 Å². The van der Waals surface area contributed by atoms with Gasteiger partial charge in [-0.15, -0.1) is 0 Å². The molecule has 1 aromatic carbocycles. The third-order valence-corrected chi connectivity index (χ3v) is 3.41. The maximum Gasteiger partial charge on any atom is 0.318 e. The van der Waals surface area contributed by atoms with Crippen molar-refractivity contribution in [3.63, 3.8) is 0 Å². The maximum absolute atomic E-state index is 12.0. The molecule has 1 fully saturated rings. The Morgan fingerprint density at radius 2 is 2.11 bits per heavy atom. The molecule has 0 heterocycles. The topological polar surface area (TPSA) is 75.4 Å². The molecule has 0 aliphatic heterocycles. The van der Waals surface area contributed by atoms with E-state index in [4.69, 9.17) is 5.73 Å². The standard InChI is InChI=1S/C14H19N3O2/c1-10-4-3-5-11(8-10)14(6-7-14)16-13(19)17(2)9-12(15)18/h3-5,8H,6-7,9H2,1-2H3,(H2,15,18)(H,16,19). The Morgan fingerprint density at radius 3 is 2.63 bits per heavy atom. The molecule has 3 amide bonds. The Bertz CT molecular complexity index is 509. The van der Waals surface area contributed by atoms with E-state index in [0.29, 0.717) is 0 Å². The van der Waals surface area contributed by atoms with Gasteiger partial charge in [-0.2, -0.15) is 0 Å². The van der Waals surface area contributed by atoms with Crippen molar-refractivity contribution in [1.82, 2.24) is 10.2 Å². The number of likely N-dealkylation sites (N-methyl/N-ethyl adjacent to an activating group) is 1. The van der Waals surface area contributed by atoms with Gasteiger partial charge in [-0.3, -0.25) is 4.79 Å². The van der Waals surface area contributed by atoms with Crippen LogP contribution in [0.3, 0.4) is 0 Å². The number of aryl methyl sites for hydroxylation is 1. The first-order valence-corrected chi connectivity index (χ1v) is 6.32. The fourth-order valence-electron chi connectivity index (χ4n) is 2.16. The summed E-state index contributed by atoms with van der Waals surface area (Å²) in [6.45, 7) is 1.95. The number of nitrogens with one attached hydrogen (secondary N) is 1. The van der Waals surface area contributed by atoms with Crippen LogP contribution in [0.4, 0.5) is 4.79 Å². The van der Waals surface area contributed by atoms with E-state index >= 15 is 0 Å². The van der Waals surface area contributed by atoms with Crippen molar-refractivity contribution in [3.05, 3.63) is 35.4 Å². The summed E-state index contributed by atoms with van der Waals surface area (Å²) in [5, 5.41) is 3.00. The highest BCUT2D eigenvalue weighted by molar-refractivity contribution is 5.83. The number of hydrogen-bond acceptors (Lipinski definition) is 2. The number of nitrogens with zero attached hydrogens (tertiary/aromatic N) is 1. The first-order valence-electron chi connectivity index (χ1n) is 6.32. The van der Waals surface area contributed by atoms with Gasteiger partial charge in [-0.25, -0.2) is 4.79 Å². The second-order valence-electron chi connectivity index (χ2n) is 5.20. The summed E-state index contributed by atoms with van der Waals surface area (Å²) < 4.78 is 0. The minimum absolute atomic E-state index is 0.0737. The minimum atomic E-state index is -0.516. The zero-order valence-electron chi connectivity index (χ0n) is 11.3. The number of urea groups is 1. The number of hydrogen-bond donors (Lipinski definition) is 2. The summed E-state index contributed by atoms with van der Waals surface area (Å²) in [5.74, 6) is -0.516. The van der Waals surface area contributed by atoms with Crippen molar-refractivity contribution in [3.8, 4) is 0 Å². The molecule has 0 saturated heterocycles. The third-order valence-electron chi connectivity index (χ3n) is 3.41. The van der Waals surface area contributed by atoms with Crippen molar-refractivity contribution >= 4 is 11.9 Å². The van der Waals surface area contributed by atoms with Gasteiger partial charge in [0.15, 0.2) is 0 Å². The minimum Gasteiger partial charge on any atom is -0.368 e. The van der Waals surface area contributed by atoms with E-state index in [9.17, 15) is 9.59 Å². The number of nitrogens with two attached hydrogens (primary N) is 1. The van der Waals surface area contributed by atoms with Gasteiger partial charge in [0.2, 0.25) is 5.91 Å². The lowest BCUT2D eigenvalue weighted by molar-refractivity contribution is -0.118. The van der Waals surface area contributed by atoms with Gasteiger partial charge in [0.05, 0.1) is 5.54 Å². The Balaban J connectivity index is 2.06. The average Bonchev–Trinajstić information content (AvgIpc) is 3.09. The predicted octanol–water partition coefficient (Wildman–Crippen LogP) is 1.11. The Hall–Kier alpha value is -2.04. The molecule has 1 aliphatic rings. The first-order chi connectivity index (χ1) is 8.93. The normalized spacial score (nSPS) is 15.7. The van der Waals surface area contributed by atoms with Crippen molar-refractivity contribution in [2.45, 2.75) is 25.3 Å². The van der Waals surface area contributed by atoms with E-state index in [-0.39, 0.29) is 18.1 Å². The lowest BCUT2D eigenvalue weighted by atomic mass is 10.0. The lowest BCUT2D eigenvalue weighted by Crippen LogP contribution is -2.46. The first kappa shape index (κ1) is 13.4. The van der Waals surface area contributed by atoms with Gasteiger partial charge in [0.1, 0.15) is 6.54 Å². The molecule has 0 spiro atoms. The van der Waals surface area contributed by atoms with E-state index in [0.717, 1.165) is 18.4 Å². The van der Waals surface area contributed by atoms with E-state index in [1.165, 1.54) is 10.5 Å². The van der Waals surface area contributed by atoms with E-state index < -0.39 is 5.91 Å². The van der Waals surface area contributed by atoms with E-state index in [1.807, 2.05) is 25.1 Å². The smallest absolute Gasteiger partial charge is 0.318 e. The van der Waals surface area contributed by atoms with Gasteiger partial charge >= 0.3 is 6.03 Å². The summed E-state index contributed by atoms with van der Waals surface area (Å²) in [5.41, 5.74) is 7.10.